The van der Waals surface area contributed by atoms with E-state index < -0.39 is 18.3 Å². The van der Waals surface area contributed by atoms with E-state index in [0.717, 1.165) is 48.7 Å². The second-order valence-corrected chi connectivity index (χ2v) is 13.7. The van der Waals surface area contributed by atoms with Crippen LogP contribution < -0.4 is 0 Å². The molecule has 2 aliphatic rings. The number of ether oxygens (including phenoxy) is 1. The lowest BCUT2D eigenvalue weighted by molar-refractivity contribution is -0.0858. The predicted molar refractivity (Wildman–Crippen MR) is 198 cm³/mol. The Morgan fingerprint density at radius 1 is 0.469 bits per heavy atom. The first kappa shape index (κ1) is 31.8. The van der Waals surface area contributed by atoms with E-state index in [1.54, 1.807) is 0 Å². The van der Waals surface area contributed by atoms with Crippen LogP contribution in [0.25, 0.3) is 43.6 Å². The molecule has 0 bridgehead atoms. The fourth-order valence-corrected chi connectivity index (χ4v) is 8.39. The van der Waals surface area contributed by atoms with Crippen LogP contribution in [0.3, 0.4) is 0 Å². The number of hydrogen-bond acceptors (Lipinski definition) is 4. The van der Waals surface area contributed by atoms with Crippen LogP contribution in [-0.4, -0.2) is 48.9 Å². The van der Waals surface area contributed by atoms with Crippen molar-refractivity contribution in [2.45, 2.75) is 81.6 Å². The molecule has 2 aromatic heterocycles. The fraction of sp³-hybridized carbons (Fsp3) is 0.302. The van der Waals surface area contributed by atoms with Crippen LogP contribution in [0.5, 0.6) is 0 Å². The summed E-state index contributed by atoms with van der Waals surface area (Å²) in [6, 6.07) is 43.8. The normalized spacial score (nSPS) is 24.3. The van der Waals surface area contributed by atoms with Gasteiger partial charge >= 0.3 is 0 Å². The van der Waals surface area contributed by atoms with Crippen molar-refractivity contribution in [3.05, 3.63) is 133 Å². The van der Waals surface area contributed by atoms with Gasteiger partial charge in [-0.05, 0) is 68.4 Å². The zero-order valence-corrected chi connectivity index (χ0v) is 27.7. The lowest BCUT2D eigenvalue weighted by atomic mass is 9.89. The zero-order valence-electron chi connectivity index (χ0n) is 27.7. The average Bonchev–Trinajstić information content (AvgIpc) is 3.66. The molecule has 0 aliphatic heterocycles. The monoisotopic (exact) mass is 652 g/mol. The molecule has 2 fully saturated rings. The van der Waals surface area contributed by atoms with Crippen molar-refractivity contribution >= 4 is 43.6 Å². The van der Waals surface area contributed by atoms with Crippen LogP contribution in [0.4, 0.5) is 0 Å². The van der Waals surface area contributed by atoms with E-state index in [0.29, 0.717) is 13.0 Å². The third-order valence-corrected chi connectivity index (χ3v) is 10.8. The number of aliphatic hydroxyl groups is 3. The molecule has 5 aromatic carbocycles. The Labute approximate surface area is 286 Å². The summed E-state index contributed by atoms with van der Waals surface area (Å²) in [5.41, 5.74) is 5.80. The number of para-hydroxylation sites is 4. The van der Waals surface area contributed by atoms with Crippen molar-refractivity contribution in [1.29, 1.82) is 0 Å². The molecule has 0 saturated heterocycles. The summed E-state index contributed by atoms with van der Waals surface area (Å²) in [6.07, 6.45) is 3.50. The average molecular weight is 653 g/mol. The number of rotatable bonds is 5. The van der Waals surface area contributed by atoms with Crippen LogP contribution in [0.2, 0.25) is 0 Å². The SMILES string of the molecule is O[C@@H]1[C@H](O)CCC[C@H]1n1c2ccccc2c2ccccc21.O[C@H]1[C@H](n2c3ccccc3c3ccccc32)CCC[C@H]1OCc1ccccc1. The fourth-order valence-electron chi connectivity index (χ4n) is 8.39. The molecule has 7 aromatic rings. The van der Waals surface area contributed by atoms with E-state index in [1.807, 2.05) is 42.5 Å². The third kappa shape index (κ3) is 5.93. The molecule has 2 aliphatic carbocycles. The standard InChI is InChI=1S/C25H25NO2.C18H19NO2/c27-25-23(15-8-16-24(25)28-17-18-9-2-1-3-10-18)26-21-13-6-4-11-19(21)20-12-5-7-14-22(20)26;20-17-11-5-10-16(18(17)21)19-14-8-3-1-6-12(14)13-7-2-4-9-15(13)19/h1-7,9-14,23-25,27H,8,15-17H2;1-4,6-9,16-18,20-21H,5,10-11H2/t23-,24-,25+;16-,17-,18+/m11/s1. The first-order valence-electron chi connectivity index (χ1n) is 17.7. The summed E-state index contributed by atoms with van der Waals surface area (Å²) in [7, 11) is 0. The lowest BCUT2D eigenvalue weighted by Crippen LogP contribution is -2.40. The van der Waals surface area contributed by atoms with Gasteiger partial charge in [-0.1, -0.05) is 103 Å². The van der Waals surface area contributed by atoms with Gasteiger partial charge in [0.15, 0.2) is 0 Å². The summed E-state index contributed by atoms with van der Waals surface area (Å²) in [5.74, 6) is 0. The van der Waals surface area contributed by atoms with Gasteiger partial charge in [-0.2, -0.15) is 0 Å². The van der Waals surface area contributed by atoms with E-state index in [4.69, 9.17) is 4.74 Å². The van der Waals surface area contributed by atoms with E-state index >= 15 is 0 Å². The quantitative estimate of drug-likeness (QED) is 0.174. The maximum atomic E-state index is 11.3. The Morgan fingerprint density at radius 3 is 1.37 bits per heavy atom. The minimum atomic E-state index is -0.696. The van der Waals surface area contributed by atoms with Crippen molar-refractivity contribution in [2.24, 2.45) is 0 Å². The van der Waals surface area contributed by atoms with Crippen LogP contribution >= 0.6 is 0 Å². The topological polar surface area (TPSA) is 79.8 Å². The van der Waals surface area contributed by atoms with E-state index in [2.05, 4.69) is 94.1 Å². The molecule has 250 valence electrons. The highest BCUT2D eigenvalue weighted by Crippen LogP contribution is 2.40. The largest absolute Gasteiger partial charge is 0.390 e. The molecule has 0 radical (unpaired) electrons. The summed E-state index contributed by atoms with van der Waals surface area (Å²) < 4.78 is 10.7. The second-order valence-electron chi connectivity index (χ2n) is 13.7. The first-order valence-corrected chi connectivity index (χ1v) is 17.7. The molecule has 6 atom stereocenters. The molecule has 6 nitrogen and oxygen atoms in total. The Hall–Kier alpha value is -4.46. The number of aliphatic hydroxyl groups excluding tert-OH is 3. The summed E-state index contributed by atoms with van der Waals surface area (Å²) >= 11 is 0. The number of aromatic nitrogens is 2. The molecule has 0 spiro atoms. The van der Waals surface area contributed by atoms with E-state index in [9.17, 15) is 15.3 Å². The first-order chi connectivity index (χ1) is 24.1. The van der Waals surface area contributed by atoms with Gasteiger partial charge in [0.05, 0.1) is 30.9 Å². The number of benzene rings is 5. The molecule has 9 rings (SSSR count). The van der Waals surface area contributed by atoms with E-state index in [1.165, 1.54) is 32.6 Å². The van der Waals surface area contributed by atoms with Gasteiger partial charge < -0.3 is 29.2 Å². The van der Waals surface area contributed by atoms with Crippen LogP contribution in [-0.2, 0) is 11.3 Å². The van der Waals surface area contributed by atoms with Gasteiger partial charge in [-0.3, -0.25) is 0 Å². The molecule has 2 saturated carbocycles. The van der Waals surface area contributed by atoms with Gasteiger partial charge in [-0.15, -0.1) is 0 Å². The maximum absolute atomic E-state index is 11.3. The van der Waals surface area contributed by atoms with E-state index in [-0.39, 0.29) is 18.2 Å². The van der Waals surface area contributed by atoms with Gasteiger partial charge in [-0.25, -0.2) is 0 Å². The molecule has 0 amide bonds. The van der Waals surface area contributed by atoms with Gasteiger partial charge in [0.1, 0.15) is 12.2 Å². The van der Waals surface area contributed by atoms with Gasteiger partial charge in [0.25, 0.3) is 0 Å². The lowest BCUT2D eigenvalue weighted by Gasteiger charge is -2.36. The minimum absolute atomic E-state index is 0.0272. The van der Waals surface area contributed by atoms with Crippen molar-refractivity contribution < 1.29 is 20.1 Å². The van der Waals surface area contributed by atoms with Crippen molar-refractivity contribution in [2.75, 3.05) is 0 Å². The molecule has 6 heteroatoms. The highest BCUT2D eigenvalue weighted by atomic mass is 16.5. The molecular formula is C43H44N2O4. The van der Waals surface area contributed by atoms with Crippen LogP contribution in [0.15, 0.2) is 127 Å². The Balaban J connectivity index is 0.000000148. The molecule has 2 heterocycles. The predicted octanol–water partition coefficient (Wildman–Crippen LogP) is 8.71. The highest BCUT2D eigenvalue weighted by molar-refractivity contribution is 6.09. The Kier molecular flexibility index (Phi) is 8.96. The highest BCUT2D eigenvalue weighted by Gasteiger charge is 2.35. The Morgan fingerprint density at radius 2 is 0.878 bits per heavy atom. The van der Waals surface area contributed by atoms with Crippen LogP contribution in [0, 0.1) is 0 Å². The summed E-state index contributed by atoms with van der Waals surface area (Å²) in [5, 5.41) is 36.6. The summed E-state index contributed by atoms with van der Waals surface area (Å²) in [4.78, 5) is 0. The minimum Gasteiger partial charge on any atom is -0.390 e. The van der Waals surface area contributed by atoms with Crippen molar-refractivity contribution in [3.63, 3.8) is 0 Å². The van der Waals surface area contributed by atoms with Crippen molar-refractivity contribution in [1.82, 2.24) is 9.13 Å². The summed E-state index contributed by atoms with van der Waals surface area (Å²) in [6.45, 7) is 0.544. The molecule has 3 N–H and O–H groups in total. The third-order valence-electron chi connectivity index (χ3n) is 10.8. The zero-order chi connectivity index (χ0) is 33.3. The maximum Gasteiger partial charge on any atom is 0.101 e. The second kappa shape index (κ2) is 13.8. The smallest absolute Gasteiger partial charge is 0.101 e. The van der Waals surface area contributed by atoms with Gasteiger partial charge in [0.2, 0.25) is 0 Å². The van der Waals surface area contributed by atoms with Gasteiger partial charge in [0, 0.05) is 43.6 Å². The van der Waals surface area contributed by atoms with Crippen LogP contribution in [0.1, 0.15) is 56.2 Å². The number of nitrogens with zero attached hydrogens (tertiary/aromatic N) is 2. The number of fused-ring (bicyclic) bond motifs is 6. The Bertz CT molecular complexity index is 2080. The molecule has 0 unspecified atom stereocenters. The van der Waals surface area contributed by atoms with Crippen molar-refractivity contribution in [3.8, 4) is 0 Å². The molecular weight excluding hydrogens is 608 g/mol. The molecule has 49 heavy (non-hydrogen) atoms. The number of hydrogen-bond donors (Lipinski definition) is 3.